The zero-order chi connectivity index (χ0) is 10.7. The number of aromatic nitrogens is 3. The predicted octanol–water partition coefficient (Wildman–Crippen LogP) is 0.112. The van der Waals surface area contributed by atoms with Crippen LogP contribution in [0.15, 0.2) is 6.20 Å². The summed E-state index contributed by atoms with van der Waals surface area (Å²) in [6.07, 6.45) is 4.36. The van der Waals surface area contributed by atoms with E-state index in [4.69, 9.17) is 5.11 Å². The fraction of sp³-hybridized carbons (Fsp3) is 0.800. The zero-order valence-electron chi connectivity index (χ0n) is 9.13. The van der Waals surface area contributed by atoms with E-state index < -0.39 is 0 Å². The topological polar surface area (TPSA) is 54.2 Å². The molecule has 0 unspecified atom stereocenters. The molecule has 1 saturated heterocycles. The molecule has 84 valence electrons. The van der Waals surface area contributed by atoms with Crippen molar-refractivity contribution in [2.45, 2.75) is 26.0 Å². The average molecular weight is 210 g/mol. The lowest BCUT2D eigenvalue weighted by Gasteiger charge is -2.29. The molecule has 0 bridgehead atoms. The van der Waals surface area contributed by atoms with Gasteiger partial charge in [-0.15, -0.1) is 5.10 Å². The van der Waals surface area contributed by atoms with Gasteiger partial charge in [-0.25, -0.2) is 0 Å². The molecule has 0 aromatic carbocycles. The molecule has 2 heterocycles. The van der Waals surface area contributed by atoms with Crippen LogP contribution in [0.2, 0.25) is 0 Å². The van der Waals surface area contributed by atoms with E-state index in [1.54, 1.807) is 0 Å². The summed E-state index contributed by atoms with van der Waals surface area (Å²) >= 11 is 0. The van der Waals surface area contributed by atoms with Gasteiger partial charge in [-0.2, -0.15) is 0 Å². The Balaban J connectivity index is 1.90. The van der Waals surface area contributed by atoms with Gasteiger partial charge in [-0.05, 0) is 32.4 Å². The SMILES string of the molecule is CN1CCC[C@H](Cn2cc(CO)nn2)C1. The number of piperidine rings is 1. The minimum atomic E-state index is -0.0232. The Morgan fingerprint density at radius 2 is 2.47 bits per heavy atom. The molecular weight excluding hydrogens is 192 g/mol. The first kappa shape index (κ1) is 10.6. The van der Waals surface area contributed by atoms with E-state index in [-0.39, 0.29) is 6.61 Å². The summed E-state index contributed by atoms with van der Waals surface area (Å²) in [5.41, 5.74) is 0.652. The first-order valence-corrected chi connectivity index (χ1v) is 5.46. The molecule has 1 aromatic heterocycles. The van der Waals surface area contributed by atoms with Crippen LogP contribution in [0.4, 0.5) is 0 Å². The number of hydrogen-bond donors (Lipinski definition) is 1. The number of hydrogen-bond acceptors (Lipinski definition) is 4. The van der Waals surface area contributed by atoms with Gasteiger partial charge >= 0.3 is 0 Å². The van der Waals surface area contributed by atoms with Crippen molar-refractivity contribution in [3.05, 3.63) is 11.9 Å². The van der Waals surface area contributed by atoms with Crippen LogP contribution in [0.3, 0.4) is 0 Å². The van der Waals surface area contributed by atoms with Gasteiger partial charge < -0.3 is 10.0 Å². The lowest BCUT2D eigenvalue weighted by Crippen LogP contribution is -2.34. The maximum absolute atomic E-state index is 8.87. The predicted molar refractivity (Wildman–Crippen MR) is 56.2 cm³/mol. The Kier molecular flexibility index (Phi) is 3.33. The Morgan fingerprint density at radius 3 is 3.13 bits per heavy atom. The summed E-state index contributed by atoms with van der Waals surface area (Å²) in [5, 5.41) is 16.7. The Bertz CT molecular complexity index is 312. The van der Waals surface area contributed by atoms with Crippen molar-refractivity contribution in [1.29, 1.82) is 0 Å². The second-order valence-corrected chi connectivity index (χ2v) is 4.36. The van der Waals surface area contributed by atoms with Gasteiger partial charge in [0.2, 0.25) is 0 Å². The maximum atomic E-state index is 8.87. The van der Waals surface area contributed by atoms with Crippen LogP contribution in [-0.2, 0) is 13.2 Å². The highest BCUT2D eigenvalue weighted by Crippen LogP contribution is 2.16. The van der Waals surface area contributed by atoms with E-state index in [0.29, 0.717) is 11.6 Å². The zero-order valence-corrected chi connectivity index (χ0v) is 9.13. The van der Waals surface area contributed by atoms with E-state index >= 15 is 0 Å². The maximum Gasteiger partial charge on any atom is 0.108 e. The summed E-state index contributed by atoms with van der Waals surface area (Å²) in [7, 11) is 2.16. The van der Waals surface area contributed by atoms with Crippen molar-refractivity contribution < 1.29 is 5.11 Å². The number of aliphatic hydroxyl groups is 1. The van der Waals surface area contributed by atoms with Gasteiger partial charge in [0.15, 0.2) is 0 Å². The second kappa shape index (κ2) is 4.72. The summed E-state index contributed by atoms with van der Waals surface area (Å²) in [5.74, 6) is 0.664. The fourth-order valence-electron chi connectivity index (χ4n) is 2.19. The smallest absolute Gasteiger partial charge is 0.108 e. The Morgan fingerprint density at radius 1 is 1.60 bits per heavy atom. The molecule has 1 aliphatic heterocycles. The van der Waals surface area contributed by atoms with Crippen molar-refractivity contribution in [2.75, 3.05) is 20.1 Å². The molecule has 0 spiro atoms. The van der Waals surface area contributed by atoms with Crippen molar-refractivity contribution in [1.82, 2.24) is 19.9 Å². The monoisotopic (exact) mass is 210 g/mol. The Hall–Kier alpha value is -0.940. The van der Waals surface area contributed by atoms with Crippen LogP contribution in [0, 0.1) is 5.92 Å². The lowest BCUT2D eigenvalue weighted by atomic mass is 9.99. The third-order valence-corrected chi connectivity index (χ3v) is 2.92. The number of nitrogens with zero attached hydrogens (tertiary/aromatic N) is 4. The molecule has 0 amide bonds. The summed E-state index contributed by atoms with van der Waals surface area (Å²) in [6, 6.07) is 0. The molecule has 5 nitrogen and oxygen atoms in total. The molecule has 2 rings (SSSR count). The molecule has 0 saturated carbocycles. The largest absolute Gasteiger partial charge is 0.390 e. The van der Waals surface area contributed by atoms with Crippen LogP contribution in [-0.4, -0.2) is 45.1 Å². The summed E-state index contributed by atoms with van der Waals surface area (Å²) in [4.78, 5) is 2.36. The van der Waals surface area contributed by atoms with Crippen molar-refractivity contribution in [2.24, 2.45) is 5.92 Å². The fourth-order valence-corrected chi connectivity index (χ4v) is 2.19. The van der Waals surface area contributed by atoms with Crippen LogP contribution in [0.25, 0.3) is 0 Å². The average Bonchev–Trinajstić information content (AvgIpc) is 2.65. The normalized spacial score (nSPS) is 23.2. The van der Waals surface area contributed by atoms with E-state index in [1.165, 1.54) is 19.4 Å². The van der Waals surface area contributed by atoms with Crippen molar-refractivity contribution >= 4 is 0 Å². The van der Waals surface area contributed by atoms with Crippen LogP contribution >= 0.6 is 0 Å². The molecule has 1 aliphatic rings. The number of aliphatic hydroxyl groups excluding tert-OH is 1. The van der Waals surface area contributed by atoms with E-state index in [2.05, 4.69) is 22.3 Å². The number of rotatable bonds is 3. The molecule has 1 atom stereocenters. The highest BCUT2D eigenvalue weighted by molar-refractivity contribution is 4.89. The standard InChI is InChI=1S/C10H18N4O/c1-13-4-2-3-9(5-13)6-14-7-10(8-15)11-12-14/h7,9,15H,2-6,8H2,1H3/t9-/m0/s1. The van der Waals surface area contributed by atoms with Gasteiger partial charge in [0.25, 0.3) is 0 Å². The van der Waals surface area contributed by atoms with E-state index in [1.807, 2.05) is 10.9 Å². The molecule has 1 aromatic rings. The summed E-state index contributed by atoms with van der Waals surface area (Å²) < 4.78 is 1.84. The quantitative estimate of drug-likeness (QED) is 0.769. The molecule has 5 heteroatoms. The third-order valence-electron chi connectivity index (χ3n) is 2.92. The molecule has 0 radical (unpaired) electrons. The van der Waals surface area contributed by atoms with Crippen molar-refractivity contribution in [3.8, 4) is 0 Å². The van der Waals surface area contributed by atoms with Gasteiger partial charge in [-0.3, -0.25) is 4.68 Å². The first-order valence-electron chi connectivity index (χ1n) is 5.46. The van der Waals surface area contributed by atoms with E-state index in [0.717, 1.165) is 13.1 Å². The first-order chi connectivity index (χ1) is 7.28. The number of likely N-dealkylation sites (tertiary alicyclic amines) is 1. The highest BCUT2D eigenvalue weighted by Gasteiger charge is 2.17. The molecule has 0 aliphatic carbocycles. The van der Waals surface area contributed by atoms with Crippen LogP contribution < -0.4 is 0 Å². The van der Waals surface area contributed by atoms with Crippen LogP contribution in [0.5, 0.6) is 0 Å². The Labute approximate surface area is 89.7 Å². The molecule has 15 heavy (non-hydrogen) atoms. The van der Waals surface area contributed by atoms with Crippen LogP contribution in [0.1, 0.15) is 18.5 Å². The van der Waals surface area contributed by atoms with Crippen molar-refractivity contribution in [3.63, 3.8) is 0 Å². The van der Waals surface area contributed by atoms with Gasteiger partial charge in [0.05, 0.1) is 12.8 Å². The minimum Gasteiger partial charge on any atom is -0.390 e. The van der Waals surface area contributed by atoms with Gasteiger partial charge in [-0.1, -0.05) is 5.21 Å². The summed E-state index contributed by atoms with van der Waals surface area (Å²) in [6.45, 7) is 3.23. The van der Waals surface area contributed by atoms with Gasteiger partial charge in [0.1, 0.15) is 5.69 Å². The lowest BCUT2D eigenvalue weighted by molar-refractivity contribution is 0.190. The molecule has 1 N–H and O–H groups in total. The minimum absolute atomic E-state index is 0.0232. The van der Waals surface area contributed by atoms with Gasteiger partial charge in [0, 0.05) is 13.1 Å². The highest BCUT2D eigenvalue weighted by atomic mass is 16.3. The molecular formula is C10H18N4O. The van der Waals surface area contributed by atoms with E-state index in [9.17, 15) is 0 Å². The second-order valence-electron chi connectivity index (χ2n) is 4.36. The molecule has 1 fully saturated rings. The third kappa shape index (κ3) is 2.76.